The molecule has 2 aromatic carbocycles. The SMILES string of the molecule is C/C(=C/c1ccccc1)Oc1ccccc1. The lowest BCUT2D eigenvalue weighted by molar-refractivity contribution is 0.433. The van der Waals surface area contributed by atoms with Crippen LogP contribution in [0, 0.1) is 0 Å². The van der Waals surface area contributed by atoms with Crippen molar-refractivity contribution < 1.29 is 4.74 Å². The van der Waals surface area contributed by atoms with Crippen molar-refractivity contribution in [3.63, 3.8) is 0 Å². The third-order valence-electron chi connectivity index (χ3n) is 2.19. The molecule has 0 saturated heterocycles. The molecule has 80 valence electrons. The number of allylic oxidation sites excluding steroid dienone is 1. The van der Waals surface area contributed by atoms with Gasteiger partial charge in [-0.25, -0.2) is 0 Å². The largest absolute Gasteiger partial charge is 0.462 e. The van der Waals surface area contributed by atoms with Crippen molar-refractivity contribution in [3.8, 4) is 5.75 Å². The standard InChI is InChI=1S/C15H14O/c1-13(12-14-8-4-2-5-9-14)16-15-10-6-3-7-11-15/h2-12H,1H3/b13-12-. The second-order valence-electron chi connectivity index (χ2n) is 3.58. The number of hydrogen-bond donors (Lipinski definition) is 0. The topological polar surface area (TPSA) is 9.23 Å². The predicted molar refractivity (Wildman–Crippen MR) is 67.2 cm³/mol. The summed E-state index contributed by atoms with van der Waals surface area (Å²) < 4.78 is 5.68. The van der Waals surface area contributed by atoms with Crippen LogP contribution in [0.4, 0.5) is 0 Å². The molecule has 0 aliphatic rings. The van der Waals surface area contributed by atoms with Gasteiger partial charge >= 0.3 is 0 Å². The smallest absolute Gasteiger partial charge is 0.126 e. The Balaban J connectivity index is 2.09. The Morgan fingerprint density at radius 2 is 1.44 bits per heavy atom. The lowest BCUT2D eigenvalue weighted by Crippen LogP contribution is -1.89. The van der Waals surface area contributed by atoms with Crippen LogP contribution >= 0.6 is 0 Å². The molecule has 0 aromatic heterocycles. The van der Waals surface area contributed by atoms with Crippen LogP contribution in [0.3, 0.4) is 0 Å². The van der Waals surface area contributed by atoms with Gasteiger partial charge in [0.15, 0.2) is 0 Å². The fraction of sp³-hybridized carbons (Fsp3) is 0.0667. The Labute approximate surface area is 96.0 Å². The Bertz CT molecular complexity index is 457. The van der Waals surface area contributed by atoms with Crippen LogP contribution in [-0.2, 0) is 0 Å². The van der Waals surface area contributed by atoms with E-state index in [1.165, 1.54) is 0 Å². The van der Waals surface area contributed by atoms with Gasteiger partial charge in [-0.3, -0.25) is 0 Å². The van der Waals surface area contributed by atoms with Crippen molar-refractivity contribution in [1.82, 2.24) is 0 Å². The summed E-state index contributed by atoms with van der Waals surface area (Å²) in [5.41, 5.74) is 1.15. The summed E-state index contributed by atoms with van der Waals surface area (Å²) in [5, 5.41) is 0. The highest BCUT2D eigenvalue weighted by Gasteiger charge is 1.94. The van der Waals surface area contributed by atoms with E-state index in [2.05, 4.69) is 12.1 Å². The summed E-state index contributed by atoms with van der Waals surface area (Å²) >= 11 is 0. The van der Waals surface area contributed by atoms with Crippen molar-refractivity contribution in [2.24, 2.45) is 0 Å². The molecule has 0 atom stereocenters. The fourth-order valence-electron chi connectivity index (χ4n) is 1.49. The molecule has 0 spiro atoms. The second-order valence-corrected chi connectivity index (χ2v) is 3.58. The van der Waals surface area contributed by atoms with Gasteiger partial charge in [0, 0.05) is 0 Å². The first kappa shape index (κ1) is 10.5. The molecule has 2 rings (SSSR count). The van der Waals surface area contributed by atoms with Gasteiger partial charge in [-0.15, -0.1) is 0 Å². The van der Waals surface area contributed by atoms with Gasteiger partial charge in [-0.1, -0.05) is 48.5 Å². The van der Waals surface area contributed by atoms with Gasteiger partial charge in [0.05, 0.1) is 0 Å². The monoisotopic (exact) mass is 210 g/mol. The van der Waals surface area contributed by atoms with Gasteiger partial charge in [-0.05, 0) is 30.7 Å². The molecular formula is C15H14O. The number of rotatable bonds is 3. The van der Waals surface area contributed by atoms with Gasteiger partial charge < -0.3 is 4.74 Å². The van der Waals surface area contributed by atoms with E-state index in [1.807, 2.05) is 61.5 Å². The minimum Gasteiger partial charge on any atom is -0.462 e. The first-order chi connectivity index (χ1) is 7.84. The van der Waals surface area contributed by atoms with Crippen LogP contribution < -0.4 is 4.74 Å². The van der Waals surface area contributed by atoms with Crippen molar-refractivity contribution in [1.29, 1.82) is 0 Å². The summed E-state index contributed by atoms with van der Waals surface area (Å²) in [5.74, 6) is 1.75. The van der Waals surface area contributed by atoms with E-state index in [4.69, 9.17) is 4.74 Å². The van der Waals surface area contributed by atoms with Crippen LogP contribution in [-0.4, -0.2) is 0 Å². The number of benzene rings is 2. The number of hydrogen-bond acceptors (Lipinski definition) is 1. The highest BCUT2D eigenvalue weighted by atomic mass is 16.5. The first-order valence-electron chi connectivity index (χ1n) is 5.31. The molecule has 16 heavy (non-hydrogen) atoms. The quantitative estimate of drug-likeness (QED) is 0.692. The summed E-state index contributed by atoms with van der Waals surface area (Å²) in [7, 11) is 0. The lowest BCUT2D eigenvalue weighted by atomic mass is 10.2. The van der Waals surface area contributed by atoms with Gasteiger partial charge in [0.1, 0.15) is 11.5 Å². The molecule has 0 N–H and O–H groups in total. The second kappa shape index (κ2) is 5.17. The molecule has 0 amide bonds. The zero-order valence-corrected chi connectivity index (χ0v) is 9.26. The fourth-order valence-corrected chi connectivity index (χ4v) is 1.49. The molecule has 0 bridgehead atoms. The van der Waals surface area contributed by atoms with E-state index in [1.54, 1.807) is 0 Å². The Kier molecular flexibility index (Phi) is 3.39. The summed E-state index contributed by atoms with van der Waals surface area (Å²) in [6.07, 6.45) is 2.02. The highest BCUT2D eigenvalue weighted by Crippen LogP contribution is 2.14. The zero-order chi connectivity index (χ0) is 11.2. The van der Waals surface area contributed by atoms with E-state index in [0.717, 1.165) is 17.1 Å². The summed E-state index contributed by atoms with van der Waals surface area (Å²) in [4.78, 5) is 0. The molecular weight excluding hydrogens is 196 g/mol. The normalized spacial score (nSPS) is 11.2. The van der Waals surface area contributed by atoms with Crippen LogP contribution in [0.15, 0.2) is 66.4 Å². The van der Waals surface area contributed by atoms with E-state index in [-0.39, 0.29) is 0 Å². The van der Waals surface area contributed by atoms with Crippen LogP contribution in [0.1, 0.15) is 12.5 Å². The molecule has 0 unspecified atom stereocenters. The molecule has 1 heteroatoms. The maximum absolute atomic E-state index is 5.68. The third-order valence-corrected chi connectivity index (χ3v) is 2.19. The molecule has 2 aromatic rings. The van der Waals surface area contributed by atoms with Crippen molar-refractivity contribution in [3.05, 3.63) is 72.0 Å². The highest BCUT2D eigenvalue weighted by molar-refractivity contribution is 5.51. The first-order valence-corrected chi connectivity index (χ1v) is 5.31. The minimum atomic E-state index is 0.868. The van der Waals surface area contributed by atoms with Crippen LogP contribution in [0.2, 0.25) is 0 Å². The maximum atomic E-state index is 5.68. The molecule has 0 radical (unpaired) electrons. The van der Waals surface area contributed by atoms with Gasteiger partial charge in [-0.2, -0.15) is 0 Å². The molecule has 0 aliphatic carbocycles. The van der Waals surface area contributed by atoms with Crippen LogP contribution in [0.5, 0.6) is 5.75 Å². The number of ether oxygens (including phenoxy) is 1. The van der Waals surface area contributed by atoms with Crippen molar-refractivity contribution in [2.45, 2.75) is 6.92 Å². The summed E-state index contributed by atoms with van der Waals surface area (Å²) in [6.45, 7) is 1.96. The molecule has 1 nitrogen and oxygen atoms in total. The predicted octanol–water partition coefficient (Wildman–Crippen LogP) is 4.13. The lowest BCUT2D eigenvalue weighted by Gasteiger charge is -2.05. The number of para-hydroxylation sites is 1. The maximum Gasteiger partial charge on any atom is 0.126 e. The Hall–Kier alpha value is -2.02. The third kappa shape index (κ3) is 2.99. The Morgan fingerprint density at radius 3 is 2.06 bits per heavy atom. The average Bonchev–Trinajstić information content (AvgIpc) is 2.31. The molecule has 0 aliphatic heterocycles. The van der Waals surface area contributed by atoms with Gasteiger partial charge in [0.25, 0.3) is 0 Å². The Morgan fingerprint density at radius 1 is 0.875 bits per heavy atom. The minimum absolute atomic E-state index is 0.868. The van der Waals surface area contributed by atoms with Crippen molar-refractivity contribution in [2.75, 3.05) is 0 Å². The van der Waals surface area contributed by atoms with Crippen LogP contribution in [0.25, 0.3) is 6.08 Å². The molecule has 0 fully saturated rings. The molecule has 0 saturated carbocycles. The van der Waals surface area contributed by atoms with E-state index < -0.39 is 0 Å². The van der Waals surface area contributed by atoms with Gasteiger partial charge in [0.2, 0.25) is 0 Å². The van der Waals surface area contributed by atoms with E-state index >= 15 is 0 Å². The average molecular weight is 210 g/mol. The molecule has 0 heterocycles. The van der Waals surface area contributed by atoms with Crippen molar-refractivity contribution >= 4 is 6.08 Å². The van der Waals surface area contributed by atoms with E-state index in [9.17, 15) is 0 Å². The summed E-state index contributed by atoms with van der Waals surface area (Å²) in [6, 6.07) is 19.9. The zero-order valence-electron chi connectivity index (χ0n) is 9.26. The van der Waals surface area contributed by atoms with E-state index in [0.29, 0.717) is 0 Å².